The molecule has 0 atom stereocenters. The number of nitriles is 1. The highest BCUT2D eigenvalue weighted by molar-refractivity contribution is 7.92. The first-order valence-corrected chi connectivity index (χ1v) is 12.7. The molecule has 0 amide bonds. The second kappa shape index (κ2) is 9.49. The van der Waals surface area contributed by atoms with Gasteiger partial charge < -0.3 is 9.26 Å². The molecule has 0 unspecified atom stereocenters. The molecular formula is C27H19FN4O5S. The predicted octanol–water partition coefficient (Wildman–Crippen LogP) is 4.77. The summed E-state index contributed by atoms with van der Waals surface area (Å²) >= 11 is 0. The monoisotopic (exact) mass is 530 g/mol. The SMILES string of the molecule is COc1cc(-c2cc(C)cc(C#N)c2)c(F)cc1-n1c(=O)ccc2cc(S(=O)(=O)Nc3ccon3)ccc21. The van der Waals surface area contributed by atoms with Crippen LogP contribution in [0, 0.1) is 24.1 Å². The number of aromatic nitrogens is 2. The zero-order valence-electron chi connectivity index (χ0n) is 20.1. The summed E-state index contributed by atoms with van der Waals surface area (Å²) in [5.41, 5.74) is 1.86. The van der Waals surface area contributed by atoms with E-state index in [2.05, 4.69) is 20.5 Å². The molecule has 5 aromatic rings. The summed E-state index contributed by atoms with van der Waals surface area (Å²) in [5.74, 6) is -0.401. The topological polar surface area (TPSA) is 127 Å². The van der Waals surface area contributed by atoms with Crippen molar-refractivity contribution >= 4 is 26.7 Å². The first-order valence-electron chi connectivity index (χ1n) is 11.2. The molecule has 3 aromatic carbocycles. The number of benzene rings is 3. The summed E-state index contributed by atoms with van der Waals surface area (Å²) < 4.78 is 54.8. The number of nitrogens with one attached hydrogen (secondary N) is 1. The van der Waals surface area contributed by atoms with Gasteiger partial charge in [-0.05, 0) is 60.5 Å². The molecule has 0 aliphatic rings. The Morgan fingerprint density at radius 1 is 1.08 bits per heavy atom. The highest BCUT2D eigenvalue weighted by atomic mass is 32.2. The number of nitrogens with zero attached hydrogens (tertiary/aromatic N) is 3. The Bertz CT molecular complexity index is 1910. The van der Waals surface area contributed by atoms with E-state index in [1.807, 2.05) is 0 Å². The third-order valence-corrected chi connectivity index (χ3v) is 7.23. The minimum absolute atomic E-state index is 0.0193. The summed E-state index contributed by atoms with van der Waals surface area (Å²) in [7, 11) is -2.60. The van der Waals surface area contributed by atoms with Gasteiger partial charge in [0.05, 0.1) is 34.8 Å². The predicted molar refractivity (Wildman–Crippen MR) is 138 cm³/mol. The van der Waals surface area contributed by atoms with E-state index in [-0.39, 0.29) is 27.7 Å². The molecule has 0 saturated heterocycles. The fraction of sp³-hybridized carbons (Fsp3) is 0.0741. The van der Waals surface area contributed by atoms with E-state index >= 15 is 4.39 Å². The van der Waals surface area contributed by atoms with Gasteiger partial charge in [-0.1, -0.05) is 11.2 Å². The molecule has 0 spiro atoms. The van der Waals surface area contributed by atoms with Gasteiger partial charge in [-0.2, -0.15) is 5.26 Å². The molecule has 38 heavy (non-hydrogen) atoms. The average molecular weight is 531 g/mol. The number of anilines is 1. The van der Waals surface area contributed by atoms with Crippen molar-refractivity contribution in [3.8, 4) is 28.6 Å². The van der Waals surface area contributed by atoms with Crippen LogP contribution in [0.25, 0.3) is 27.7 Å². The van der Waals surface area contributed by atoms with Gasteiger partial charge in [-0.15, -0.1) is 0 Å². The second-order valence-corrected chi connectivity index (χ2v) is 10.1. The van der Waals surface area contributed by atoms with E-state index in [0.717, 1.165) is 5.56 Å². The lowest BCUT2D eigenvalue weighted by atomic mass is 9.99. The van der Waals surface area contributed by atoms with E-state index in [4.69, 9.17) is 4.74 Å². The lowest BCUT2D eigenvalue weighted by Crippen LogP contribution is -2.19. The molecular weight excluding hydrogens is 511 g/mol. The number of ether oxygens (including phenoxy) is 1. The highest BCUT2D eigenvalue weighted by Crippen LogP contribution is 2.34. The van der Waals surface area contributed by atoms with Crippen LogP contribution >= 0.6 is 0 Å². The number of aryl methyl sites for hydroxylation is 1. The fourth-order valence-corrected chi connectivity index (χ4v) is 5.23. The van der Waals surface area contributed by atoms with Crippen LogP contribution in [0.15, 0.2) is 87.2 Å². The van der Waals surface area contributed by atoms with Crippen LogP contribution in [0.5, 0.6) is 5.75 Å². The van der Waals surface area contributed by atoms with Crippen molar-refractivity contribution < 1.29 is 22.1 Å². The number of rotatable bonds is 6. The molecule has 9 nitrogen and oxygen atoms in total. The van der Waals surface area contributed by atoms with Crippen molar-refractivity contribution in [2.24, 2.45) is 0 Å². The molecule has 5 rings (SSSR count). The average Bonchev–Trinajstić information content (AvgIpc) is 3.40. The largest absolute Gasteiger partial charge is 0.495 e. The van der Waals surface area contributed by atoms with Crippen molar-refractivity contribution in [1.29, 1.82) is 5.26 Å². The number of sulfonamides is 1. The van der Waals surface area contributed by atoms with Crippen molar-refractivity contribution in [3.63, 3.8) is 0 Å². The molecule has 0 bridgehead atoms. The van der Waals surface area contributed by atoms with Gasteiger partial charge in [0.1, 0.15) is 17.8 Å². The van der Waals surface area contributed by atoms with E-state index < -0.39 is 21.4 Å². The number of hydrogen-bond acceptors (Lipinski definition) is 7. The fourth-order valence-electron chi connectivity index (χ4n) is 4.21. The van der Waals surface area contributed by atoms with Crippen LogP contribution < -0.4 is 15.0 Å². The molecule has 2 aromatic heterocycles. The van der Waals surface area contributed by atoms with Gasteiger partial charge in [0.15, 0.2) is 5.82 Å². The summed E-state index contributed by atoms with van der Waals surface area (Å²) in [6.07, 6.45) is 1.23. The minimum atomic E-state index is -3.99. The first kappa shape index (κ1) is 24.7. The van der Waals surface area contributed by atoms with Crippen LogP contribution in [0.4, 0.5) is 10.2 Å². The summed E-state index contributed by atoms with van der Waals surface area (Å²) in [6, 6.07) is 18.0. The third kappa shape index (κ3) is 4.49. The van der Waals surface area contributed by atoms with Crippen molar-refractivity contribution in [2.45, 2.75) is 11.8 Å². The molecule has 0 saturated carbocycles. The van der Waals surface area contributed by atoms with Gasteiger partial charge >= 0.3 is 0 Å². The second-order valence-electron chi connectivity index (χ2n) is 8.42. The molecule has 0 fully saturated rings. The Morgan fingerprint density at radius 3 is 2.61 bits per heavy atom. The van der Waals surface area contributed by atoms with Gasteiger partial charge in [-0.25, -0.2) is 12.8 Å². The smallest absolute Gasteiger partial charge is 0.263 e. The van der Waals surface area contributed by atoms with Crippen LogP contribution in [0.2, 0.25) is 0 Å². The van der Waals surface area contributed by atoms with E-state index in [9.17, 15) is 18.5 Å². The Kier molecular flexibility index (Phi) is 6.18. The molecule has 0 aliphatic carbocycles. The summed E-state index contributed by atoms with van der Waals surface area (Å²) in [4.78, 5) is 12.9. The van der Waals surface area contributed by atoms with Gasteiger partial charge in [-0.3, -0.25) is 14.1 Å². The minimum Gasteiger partial charge on any atom is -0.495 e. The number of hydrogen-bond donors (Lipinski definition) is 1. The van der Waals surface area contributed by atoms with E-state index in [1.54, 1.807) is 25.1 Å². The normalized spacial score (nSPS) is 11.3. The summed E-state index contributed by atoms with van der Waals surface area (Å²) in [6.45, 7) is 1.80. The number of methoxy groups -OCH3 is 1. The highest BCUT2D eigenvalue weighted by Gasteiger charge is 2.20. The van der Waals surface area contributed by atoms with Crippen molar-refractivity contribution in [1.82, 2.24) is 9.72 Å². The molecule has 2 heterocycles. The zero-order valence-corrected chi connectivity index (χ0v) is 20.9. The maximum atomic E-state index is 15.5. The lowest BCUT2D eigenvalue weighted by Gasteiger charge is -2.17. The molecule has 0 radical (unpaired) electrons. The number of halogens is 1. The van der Waals surface area contributed by atoms with Crippen LogP contribution in [-0.4, -0.2) is 25.3 Å². The van der Waals surface area contributed by atoms with Gasteiger partial charge in [0, 0.05) is 29.1 Å². The quantitative estimate of drug-likeness (QED) is 0.335. The Hall–Kier alpha value is -4.95. The standard InChI is InChI=1S/C27H19FN4O5S/c1-16-9-17(15-29)11-19(10-16)21-13-25(36-2)24(14-22(21)28)32-23-5-4-20(12-18(23)3-6-27(32)33)38(34,35)31-26-7-8-37-30-26/h3-14H,1-2H3,(H,30,31). The molecule has 11 heteroatoms. The van der Waals surface area contributed by atoms with Crippen molar-refractivity contribution in [2.75, 3.05) is 11.8 Å². The zero-order chi connectivity index (χ0) is 27.0. The maximum Gasteiger partial charge on any atom is 0.263 e. The molecule has 0 aliphatic heterocycles. The lowest BCUT2D eigenvalue weighted by molar-refractivity contribution is 0.412. The van der Waals surface area contributed by atoms with Crippen LogP contribution in [0.1, 0.15) is 11.1 Å². The van der Waals surface area contributed by atoms with Crippen LogP contribution in [-0.2, 0) is 10.0 Å². The van der Waals surface area contributed by atoms with E-state index in [1.165, 1.54) is 66.5 Å². The number of pyridine rings is 1. The van der Waals surface area contributed by atoms with Gasteiger partial charge in [0.25, 0.3) is 15.6 Å². The maximum absolute atomic E-state index is 15.5. The summed E-state index contributed by atoms with van der Waals surface area (Å²) in [5, 5.41) is 13.3. The Labute approximate surface area is 216 Å². The molecule has 190 valence electrons. The third-order valence-electron chi connectivity index (χ3n) is 5.88. The molecule has 1 N–H and O–H groups in total. The van der Waals surface area contributed by atoms with Crippen molar-refractivity contribution in [3.05, 3.63) is 100 Å². The van der Waals surface area contributed by atoms with E-state index in [0.29, 0.717) is 22.0 Å². The van der Waals surface area contributed by atoms with Crippen LogP contribution in [0.3, 0.4) is 0 Å². The number of fused-ring (bicyclic) bond motifs is 1. The first-order chi connectivity index (χ1) is 18.2. The Morgan fingerprint density at radius 2 is 1.89 bits per heavy atom. The van der Waals surface area contributed by atoms with Gasteiger partial charge in [0.2, 0.25) is 0 Å². The Balaban J connectivity index is 1.65.